The summed E-state index contributed by atoms with van der Waals surface area (Å²) >= 11 is 0. The van der Waals surface area contributed by atoms with Crippen LogP contribution in [0.25, 0.3) is 0 Å². The van der Waals surface area contributed by atoms with Crippen molar-refractivity contribution in [3.8, 4) is 0 Å². The van der Waals surface area contributed by atoms with Crippen molar-refractivity contribution < 1.29 is 14.3 Å². The van der Waals surface area contributed by atoms with Crippen LogP contribution in [0.3, 0.4) is 0 Å². The summed E-state index contributed by atoms with van der Waals surface area (Å²) in [5.41, 5.74) is -0.262. The molecule has 2 saturated heterocycles. The Morgan fingerprint density at radius 2 is 1.69 bits per heavy atom. The third-order valence-corrected chi connectivity index (χ3v) is 5.59. The minimum atomic E-state index is -0.262. The number of likely N-dealkylation sites (tertiary alicyclic amines) is 2. The molecule has 2 heterocycles. The summed E-state index contributed by atoms with van der Waals surface area (Å²) in [6.45, 7) is 7.02. The summed E-state index contributed by atoms with van der Waals surface area (Å²) < 4.78 is 5.28. The van der Waals surface area contributed by atoms with Gasteiger partial charge in [0, 0.05) is 38.9 Å². The smallest absolute Gasteiger partial charge is 0.317 e. The molecular formula is C19H36N4O3. The SMILES string of the molecule is CCNC(=O)N1CCC(CCOC)(NC(=O)CN2CCCCCC2)CC1. The zero-order chi connectivity index (χ0) is 18.8. The monoisotopic (exact) mass is 368 g/mol. The van der Waals surface area contributed by atoms with E-state index in [0.717, 1.165) is 32.4 Å². The molecule has 0 aliphatic carbocycles. The second-order valence-corrected chi connectivity index (χ2v) is 7.58. The molecular weight excluding hydrogens is 332 g/mol. The van der Waals surface area contributed by atoms with Crippen molar-refractivity contribution in [3.05, 3.63) is 0 Å². The van der Waals surface area contributed by atoms with Crippen LogP contribution in [0.2, 0.25) is 0 Å². The largest absolute Gasteiger partial charge is 0.385 e. The van der Waals surface area contributed by atoms with E-state index >= 15 is 0 Å². The van der Waals surface area contributed by atoms with Crippen LogP contribution in [-0.2, 0) is 9.53 Å². The molecule has 2 aliphatic rings. The Kier molecular flexibility index (Phi) is 8.65. The third-order valence-electron chi connectivity index (χ3n) is 5.59. The normalized spacial score (nSPS) is 21.1. The molecule has 7 heteroatoms. The average Bonchev–Trinajstić information content (AvgIpc) is 2.89. The highest BCUT2D eigenvalue weighted by Gasteiger charge is 2.37. The zero-order valence-corrected chi connectivity index (χ0v) is 16.5. The fourth-order valence-corrected chi connectivity index (χ4v) is 3.97. The number of carbonyl (C=O) groups is 2. The zero-order valence-electron chi connectivity index (χ0n) is 16.5. The van der Waals surface area contributed by atoms with Gasteiger partial charge in [-0.1, -0.05) is 12.8 Å². The maximum absolute atomic E-state index is 12.7. The van der Waals surface area contributed by atoms with Gasteiger partial charge in [0.2, 0.25) is 5.91 Å². The van der Waals surface area contributed by atoms with Gasteiger partial charge in [0.05, 0.1) is 6.54 Å². The average molecular weight is 369 g/mol. The van der Waals surface area contributed by atoms with E-state index in [1.807, 2.05) is 11.8 Å². The van der Waals surface area contributed by atoms with Gasteiger partial charge in [-0.15, -0.1) is 0 Å². The van der Waals surface area contributed by atoms with Gasteiger partial charge in [-0.3, -0.25) is 9.69 Å². The minimum Gasteiger partial charge on any atom is -0.385 e. The van der Waals surface area contributed by atoms with Crippen molar-refractivity contribution in [3.63, 3.8) is 0 Å². The number of nitrogens with one attached hydrogen (secondary N) is 2. The van der Waals surface area contributed by atoms with E-state index in [4.69, 9.17) is 4.74 Å². The Labute approximate surface area is 157 Å². The van der Waals surface area contributed by atoms with E-state index in [1.165, 1.54) is 25.7 Å². The number of amides is 3. The molecule has 0 bridgehead atoms. The summed E-state index contributed by atoms with van der Waals surface area (Å²) in [5.74, 6) is 0.106. The Morgan fingerprint density at radius 1 is 1.04 bits per heavy atom. The second kappa shape index (κ2) is 10.7. The molecule has 26 heavy (non-hydrogen) atoms. The highest BCUT2D eigenvalue weighted by Crippen LogP contribution is 2.26. The number of piperidine rings is 1. The lowest BCUT2D eigenvalue weighted by molar-refractivity contribution is -0.125. The van der Waals surface area contributed by atoms with Crippen molar-refractivity contribution in [2.75, 3.05) is 53.0 Å². The lowest BCUT2D eigenvalue weighted by Crippen LogP contribution is -2.59. The van der Waals surface area contributed by atoms with E-state index < -0.39 is 0 Å². The lowest BCUT2D eigenvalue weighted by atomic mass is 9.84. The van der Waals surface area contributed by atoms with Crippen molar-refractivity contribution in [1.82, 2.24) is 20.4 Å². The maximum Gasteiger partial charge on any atom is 0.317 e. The summed E-state index contributed by atoms with van der Waals surface area (Å²) in [6, 6.07) is -0.0104. The molecule has 0 saturated carbocycles. The molecule has 0 unspecified atom stereocenters. The number of ether oxygens (including phenoxy) is 1. The first kappa shape index (κ1) is 21.0. The van der Waals surface area contributed by atoms with Crippen LogP contribution in [0.1, 0.15) is 51.9 Å². The Morgan fingerprint density at radius 3 is 2.27 bits per heavy atom. The number of hydrogen-bond donors (Lipinski definition) is 2. The number of rotatable bonds is 7. The van der Waals surface area contributed by atoms with E-state index in [1.54, 1.807) is 7.11 Å². The van der Waals surface area contributed by atoms with E-state index in [-0.39, 0.29) is 17.5 Å². The molecule has 150 valence electrons. The molecule has 2 aliphatic heterocycles. The van der Waals surface area contributed by atoms with Gasteiger partial charge in [0.25, 0.3) is 0 Å². The topological polar surface area (TPSA) is 73.9 Å². The molecule has 2 rings (SSSR count). The molecule has 0 aromatic heterocycles. The molecule has 0 aromatic rings. The molecule has 0 radical (unpaired) electrons. The summed E-state index contributed by atoms with van der Waals surface area (Å²) in [7, 11) is 1.69. The van der Waals surface area contributed by atoms with Crippen molar-refractivity contribution in [1.29, 1.82) is 0 Å². The van der Waals surface area contributed by atoms with Crippen molar-refractivity contribution in [2.24, 2.45) is 0 Å². The first-order valence-corrected chi connectivity index (χ1v) is 10.1. The molecule has 0 aromatic carbocycles. The van der Waals surface area contributed by atoms with Crippen LogP contribution >= 0.6 is 0 Å². The molecule has 2 N–H and O–H groups in total. The van der Waals surface area contributed by atoms with Gasteiger partial charge in [-0.05, 0) is 52.1 Å². The third kappa shape index (κ3) is 6.43. The Bertz CT molecular complexity index is 442. The molecule has 7 nitrogen and oxygen atoms in total. The van der Waals surface area contributed by atoms with Crippen molar-refractivity contribution in [2.45, 2.75) is 57.4 Å². The standard InChI is InChI=1S/C19H36N4O3/c1-3-20-18(25)23-13-8-19(9-14-23,10-15-26-2)21-17(24)16-22-11-6-4-5-7-12-22/h3-16H2,1-2H3,(H,20,25)(H,21,24). The van der Waals surface area contributed by atoms with Crippen LogP contribution < -0.4 is 10.6 Å². The van der Waals surface area contributed by atoms with E-state index in [9.17, 15) is 9.59 Å². The van der Waals surface area contributed by atoms with Gasteiger partial charge in [-0.25, -0.2) is 4.79 Å². The van der Waals surface area contributed by atoms with Crippen LogP contribution in [0.15, 0.2) is 0 Å². The van der Waals surface area contributed by atoms with Gasteiger partial charge in [0.15, 0.2) is 0 Å². The fourth-order valence-electron chi connectivity index (χ4n) is 3.97. The number of carbonyl (C=O) groups excluding carboxylic acids is 2. The minimum absolute atomic E-state index is 0.0104. The van der Waals surface area contributed by atoms with E-state index in [0.29, 0.717) is 32.8 Å². The van der Waals surface area contributed by atoms with Crippen LogP contribution in [0, 0.1) is 0 Å². The van der Waals surface area contributed by atoms with Gasteiger partial charge >= 0.3 is 6.03 Å². The van der Waals surface area contributed by atoms with Crippen LogP contribution in [0.5, 0.6) is 0 Å². The second-order valence-electron chi connectivity index (χ2n) is 7.58. The lowest BCUT2D eigenvalue weighted by Gasteiger charge is -2.42. The molecule has 3 amide bonds. The first-order chi connectivity index (χ1) is 12.6. The summed E-state index contributed by atoms with van der Waals surface area (Å²) in [6.07, 6.45) is 7.25. The Hall–Kier alpha value is -1.34. The van der Waals surface area contributed by atoms with E-state index in [2.05, 4.69) is 15.5 Å². The summed E-state index contributed by atoms with van der Waals surface area (Å²) in [5, 5.41) is 6.16. The van der Waals surface area contributed by atoms with Crippen molar-refractivity contribution >= 4 is 11.9 Å². The number of methoxy groups -OCH3 is 1. The van der Waals surface area contributed by atoms with Crippen LogP contribution in [-0.4, -0.2) is 80.3 Å². The molecule has 0 atom stereocenters. The first-order valence-electron chi connectivity index (χ1n) is 10.1. The summed E-state index contributed by atoms with van der Waals surface area (Å²) in [4.78, 5) is 28.8. The highest BCUT2D eigenvalue weighted by molar-refractivity contribution is 5.79. The predicted molar refractivity (Wildman–Crippen MR) is 102 cm³/mol. The van der Waals surface area contributed by atoms with Gasteiger partial charge in [-0.2, -0.15) is 0 Å². The fraction of sp³-hybridized carbons (Fsp3) is 0.895. The number of urea groups is 1. The highest BCUT2D eigenvalue weighted by atomic mass is 16.5. The number of nitrogens with zero attached hydrogens (tertiary/aromatic N) is 2. The quantitative estimate of drug-likeness (QED) is 0.716. The van der Waals surface area contributed by atoms with Gasteiger partial charge < -0.3 is 20.3 Å². The Balaban J connectivity index is 1.89. The van der Waals surface area contributed by atoms with Crippen LogP contribution in [0.4, 0.5) is 4.79 Å². The molecule has 2 fully saturated rings. The number of hydrogen-bond acceptors (Lipinski definition) is 4. The molecule has 0 spiro atoms. The maximum atomic E-state index is 12.7. The predicted octanol–water partition coefficient (Wildman–Crippen LogP) is 1.58. The van der Waals surface area contributed by atoms with Gasteiger partial charge in [0.1, 0.15) is 0 Å².